The Bertz CT molecular complexity index is 892. The molecule has 0 fully saturated rings. The number of hydrogen-bond donors (Lipinski definition) is 0. The van der Waals surface area contributed by atoms with Gasteiger partial charge in [0.25, 0.3) is 0 Å². The minimum atomic E-state index is 1.10. The Labute approximate surface area is 131 Å². The van der Waals surface area contributed by atoms with E-state index in [1.54, 1.807) is 0 Å². The Morgan fingerprint density at radius 3 is 2.59 bits per heavy atom. The minimum Gasteiger partial charge on any atom is -0.313 e. The Balaban J connectivity index is 1.98. The molecule has 0 saturated heterocycles. The van der Waals surface area contributed by atoms with Crippen LogP contribution < -0.4 is 0 Å². The van der Waals surface area contributed by atoms with Crippen LogP contribution in [-0.2, 0) is 6.42 Å². The van der Waals surface area contributed by atoms with Gasteiger partial charge in [-0.3, -0.25) is 0 Å². The van der Waals surface area contributed by atoms with Crippen LogP contribution in [0.2, 0.25) is 0 Å². The van der Waals surface area contributed by atoms with Crippen LogP contribution in [0.1, 0.15) is 30.2 Å². The zero-order valence-corrected chi connectivity index (χ0v) is 12.8. The van der Waals surface area contributed by atoms with Gasteiger partial charge in [0, 0.05) is 22.3 Å². The van der Waals surface area contributed by atoms with Crippen LogP contribution in [0.3, 0.4) is 0 Å². The number of benzene rings is 2. The molecule has 0 N–H and O–H groups in total. The second kappa shape index (κ2) is 5.03. The topological polar surface area (TPSA) is 4.93 Å². The molecule has 0 radical (unpaired) electrons. The summed E-state index contributed by atoms with van der Waals surface area (Å²) in [6, 6.07) is 17.4. The van der Waals surface area contributed by atoms with Crippen LogP contribution in [0.5, 0.6) is 0 Å². The molecule has 1 aliphatic carbocycles. The first-order chi connectivity index (χ1) is 10.8. The van der Waals surface area contributed by atoms with Gasteiger partial charge in [-0.2, -0.15) is 0 Å². The summed E-state index contributed by atoms with van der Waals surface area (Å²) in [7, 11) is 0. The van der Waals surface area contributed by atoms with E-state index in [0.717, 1.165) is 18.4 Å². The lowest BCUT2D eigenvalue weighted by Crippen LogP contribution is -2.02. The number of rotatable bonds is 2. The largest absolute Gasteiger partial charge is 0.313 e. The van der Waals surface area contributed by atoms with Gasteiger partial charge in [-0.05, 0) is 43.5 Å². The smallest absolute Gasteiger partial charge is 0.0537 e. The fourth-order valence-electron chi connectivity index (χ4n) is 3.36. The number of aromatic nitrogens is 1. The predicted octanol–water partition coefficient (Wildman–Crippen LogP) is 5.62. The normalized spacial score (nSPS) is 13.3. The Morgan fingerprint density at radius 1 is 1.05 bits per heavy atom. The molecule has 2 aromatic carbocycles. The number of fused-ring (bicyclic) bond motifs is 3. The highest BCUT2D eigenvalue weighted by Gasteiger charge is 2.17. The predicted molar refractivity (Wildman–Crippen MR) is 95.3 cm³/mol. The second-order valence-corrected chi connectivity index (χ2v) is 5.98. The maximum absolute atomic E-state index is 4.02. The quantitative estimate of drug-likeness (QED) is 0.575. The lowest BCUT2D eigenvalue weighted by atomic mass is 10.0. The summed E-state index contributed by atoms with van der Waals surface area (Å²) >= 11 is 0. The molecular weight excluding hydrogens is 266 g/mol. The molecule has 0 bridgehead atoms. The van der Waals surface area contributed by atoms with Crippen molar-refractivity contribution in [3.05, 3.63) is 78.0 Å². The summed E-state index contributed by atoms with van der Waals surface area (Å²) in [5, 5.41) is 1.34. The first-order valence-electron chi connectivity index (χ1n) is 7.81. The third-order valence-electron chi connectivity index (χ3n) is 4.47. The molecule has 1 heteroatoms. The van der Waals surface area contributed by atoms with Gasteiger partial charge in [0.15, 0.2) is 0 Å². The van der Waals surface area contributed by atoms with Crippen LogP contribution in [0.15, 0.2) is 61.2 Å². The lowest BCUT2D eigenvalue weighted by Gasteiger charge is -2.14. The zero-order chi connectivity index (χ0) is 15.1. The van der Waals surface area contributed by atoms with Gasteiger partial charge < -0.3 is 4.57 Å². The third kappa shape index (κ3) is 1.93. The van der Waals surface area contributed by atoms with Crippen molar-refractivity contribution in [2.45, 2.75) is 19.8 Å². The number of allylic oxidation sites excluding steroid dienone is 2. The third-order valence-corrected chi connectivity index (χ3v) is 4.47. The number of hydrogen-bond acceptors (Lipinski definition) is 0. The van der Waals surface area contributed by atoms with Gasteiger partial charge in [-0.15, -0.1) is 0 Å². The minimum absolute atomic E-state index is 1.10. The van der Waals surface area contributed by atoms with E-state index in [4.69, 9.17) is 0 Å². The number of nitrogens with zero attached hydrogens (tertiary/aromatic N) is 1. The van der Waals surface area contributed by atoms with E-state index in [1.165, 1.54) is 33.4 Å². The van der Waals surface area contributed by atoms with Gasteiger partial charge in [0.1, 0.15) is 0 Å². The Kier molecular flexibility index (Phi) is 3.00. The monoisotopic (exact) mass is 285 g/mol. The molecule has 1 nitrogen and oxygen atoms in total. The van der Waals surface area contributed by atoms with Crippen LogP contribution in [-0.4, -0.2) is 4.57 Å². The zero-order valence-electron chi connectivity index (χ0n) is 12.8. The molecule has 1 heterocycles. The molecule has 0 amide bonds. The van der Waals surface area contributed by atoms with E-state index < -0.39 is 0 Å². The fourth-order valence-corrected chi connectivity index (χ4v) is 3.36. The van der Waals surface area contributed by atoms with Crippen molar-refractivity contribution in [3.63, 3.8) is 0 Å². The highest BCUT2D eigenvalue weighted by atomic mass is 15.0. The molecule has 0 aliphatic heterocycles. The molecule has 1 aromatic heterocycles. The SMILES string of the molecule is C=C(C)c1ccc(-n2c3c(c4ccccc42)C=CCC3)cc1. The van der Waals surface area contributed by atoms with Crippen LogP contribution in [0.4, 0.5) is 0 Å². The summed E-state index contributed by atoms with van der Waals surface area (Å²) in [5.41, 5.74) is 7.64. The molecule has 0 spiro atoms. The highest BCUT2D eigenvalue weighted by molar-refractivity contribution is 5.93. The molecule has 4 rings (SSSR count). The fraction of sp³-hybridized carbons (Fsp3) is 0.143. The van der Waals surface area contributed by atoms with E-state index in [-0.39, 0.29) is 0 Å². The van der Waals surface area contributed by atoms with Crippen LogP contribution in [0, 0.1) is 0 Å². The summed E-state index contributed by atoms with van der Waals surface area (Å²) in [4.78, 5) is 0. The molecule has 0 saturated carbocycles. The standard InChI is InChI=1S/C21H19N/c1-15(2)16-11-13-17(14-12-16)22-20-9-5-3-7-18(20)19-8-4-6-10-21(19)22/h3-5,7-9,11-14H,1,6,10H2,2H3. The van der Waals surface area contributed by atoms with Crippen molar-refractivity contribution in [1.29, 1.82) is 0 Å². The summed E-state index contributed by atoms with van der Waals surface area (Å²) < 4.78 is 2.41. The van der Waals surface area contributed by atoms with Crippen molar-refractivity contribution in [1.82, 2.24) is 4.57 Å². The van der Waals surface area contributed by atoms with E-state index in [2.05, 4.69) is 71.8 Å². The summed E-state index contributed by atoms with van der Waals surface area (Å²) in [5.74, 6) is 0. The average Bonchev–Trinajstić information content (AvgIpc) is 2.89. The van der Waals surface area contributed by atoms with E-state index in [0.29, 0.717) is 0 Å². The van der Waals surface area contributed by atoms with Crippen LogP contribution in [0.25, 0.3) is 28.2 Å². The van der Waals surface area contributed by atoms with Gasteiger partial charge in [-0.25, -0.2) is 0 Å². The average molecular weight is 285 g/mol. The van der Waals surface area contributed by atoms with Gasteiger partial charge in [-0.1, -0.05) is 54.6 Å². The summed E-state index contributed by atoms with van der Waals surface area (Å²) in [6.07, 6.45) is 6.78. The van der Waals surface area contributed by atoms with E-state index in [9.17, 15) is 0 Å². The van der Waals surface area contributed by atoms with Crippen molar-refractivity contribution in [2.75, 3.05) is 0 Å². The maximum Gasteiger partial charge on any atom is 0.0537 e. The molecule has 3 aromatic rings. The van der Waals surface area contributed by atoms with Crippen LogP contribution >= 0.6 is 0 Å². The van der Waals surface area contributed by atoms with Crippen molar-refractivity contribution in [2.24, 2.45) is 0 Å². The first kappa shape index (κ1) is 13.1. The van der Waals surface area contributed by atoms with Gasteiger partial charge in [0.05, 0.1) is 5.52 Å². The van der Waals surface area contributed by atoms with Gasteiger partial charge >= 0.3 is 0 Å². The summed E-state index contributed by atoms with van der Waals surface area (Å²) in [6.45, 7) is 6.07. The number of para-hydroxylation sites is 1. The molecule has 108 valence electrons. The van der Waals surface area contributed by atoms with Gasteiger partial charge in [0.2, 0.25) is 0 Å². The first-order valence-corrected chi connectivity index (χ1v) is 7.81. The molecule has 1 aliphatic rings. The molecular formula is C21H19N. The van der Waals surface area contributed by atoms with E-state index >= 15 is 0 Å². The van der Waals surface area contributed by atoms with Crippen molar-refractivity contribution >= 4 is 22.6 Å². The molecule has 0 atom stereocenters. The van der Waals surface area contributed by atoms with Crippen molar-refractivity contribution < 1.29 is 0 Å². The lowest BCUT2D eigenvalue weighted by molar-refractivity contribution is 0.888. The highest BCUT2D eigenvalue weighted by Crippen LogP contribution is 2.33. The molecule has 0 unspecified atom stereocenters. The maximum atomic E-state index is 4.02. The Hall–Kier alpha value is -2.54. The van der Waals surface area contributed by atoms with Crippen molar-refractivity contribution in [3.8, 4) is 5.69 Å². The second-order valence-electron chi connectivity index (χ2n) is 5.98. The Morgan fingerprint density at radius 2 is 1.82 bits per heavy atom. The molecule has 22 heavy (non-hydrogen) atoms. The van der Waals surface area contributed by atoms with E-state index in [1.807, 2.05) is 6.92 Å².